The van der Waals surface area contributed by atoms with Gasteiger partial charge in [-0.15, -0.1) is 0 Å². The van der Waals surface area contributed by atoms with Crippen LogP contribution in [0.3, 0.4) is 0 Å². The number of aromatic nitrogens is 2. The van der Waals surface area contributed by atoms with Gasteiger partial charge in [0.1, 0.15) is 0 Å². The Kier molecular flexibility index (Phi) is 6.13. The fourth-order valence-electron chi connectivity index (χ4n) is 4.33. The van der Waals surface area contributed by atoms with E-state index in [1.54, 1.807) is 6.33 Å². The topological polar surface area (TPSA) is 76.5 Å². The average Bonchev–Trinajstić information content (AvgIpc) is 3.40. The zero-order chi connectivity index (χ0) is 20.2. The van der Waals surface area contributed by atoms with Crippen LogP contribution in [0.1, 0.15) is 48.9 Å². The van der Waals surface area contributed by atoms with E-state index in [4.69, 9.17) is 4.74 Å². The van der Waals surface area contributed by atoms with Crippen molar-refractivity contribution in [2.24, 2.45) is 13.0 Å². The molecule has 2 aromatic rings. The lowest BCUT2D eigenvalue weighted by Crippen LogP contribution is -2.39. The molecule has 1 aromatic heterocycles. The van der Waals surface area contributed by atoms with Gasteiger partial charge >= 0.3 is 0 Å². The highest BCUT2D eigenvalue weighted by Crippen LogP contribution is 2.24. The number of ether oxygens (including phenoxy) is 1. The molecule has 1 N–H and O–H groups in total. The number of likely N-dealkylation sites (tertiary alicyclic amines) is 1. The van der Waals surface area contributed by atoms with Gasteiger partial charge in [0.15, 0.2) is 0 Å². The van der Waals surface area contributed by atoms with Gasteiger partial charge in [-0.3, -0.25) is 9.59 Å². The fraction of sp³-hybridized carbons (Fsp3) is 0.591. The van der Waals surface area contributed by atoms with Gasteiger partial charge in [0, 0.05) is 45.3 Å². The third-order valence-corrected chi connectivity index (χ3v) is 6.20. The second-order valence-corrected chi connectivity index (χ2v) is 8.27. The van der Waals surface area contributed by atoms with Crippen LogP contribution in [0.15, 0.2) is 24.5 Å². The monoisotopic (exact) mass is 398 g/mol. The largest absolute Gasteiger partial charge is 0.376 e. The third-order valence-electron chi connectivity index (χ3n) is 6.20. The van der Waals surface area contributed by atoms with Gasteiger partial charge in [-0.2, -0.15) is 0 Å². The van der Waals surface area contributed by atoms with Crippen LogP contribution in [0, 0.1) is 5.92 Å². The highest BCUT2D eigenvalue weighted by Gasteiger charge is 2.24. The molecule has 0 saturated carbocycles. The van der Waals surface area contributed by atoms with Crippen LogP contribution in [-0.2, 0) is 16.6 Å². The molecule has 2 saturated heterocycles. The van der Waals surface area contributed by atoms with Crippen molar-refractivity contribution in [1.82, 2.24) is 19.8 Å². The smallest absolute Gasteiger partial charge is 0.253 e. The van der Waals surface area contributed by atoms with Gasteiger partial charge < -0.3 is 19.5 Å². The summed E-state index contributed by atoms with van der Waals surface area (Å²) >= 11 is 0. The molecule has 4 rings (SSSR count). The Balaban J connectivity index is 1.21. The summed E-state index contributed by atoms with van der Waals surface area (Å²) in [5, 5.41) is 2.99. The first-order valence-electron chi connectivity index (χ1n) is 10.7. The van der Waals surface area contributed by atoms with E-state index in [0.717, 1.165) is 62.8 Å². The van der Waals surface area contributed by atoms with E-state index in [1.807, 2.05) is 34.7 Å². The van der Waals surface area contributed by atoms with Gasteiger partial charge in [-0.05, 0) is 56.2 Å². The van der Waals surface area contributed by atoms with Crippen molar-refractivity contribution < 1.29 is 14.3 Å². The highest BCUT2D eigenvalue weighted by atomic mass is 16.5. The number of benzene rings is 1. The molecule has 2 aliphatic rings. The van der Waals surface area contributed by atoms with E-state index in [9.17, 15) is 9.59 Å². The number of nitrogens with zero attached hydrogens (tertiary/aromatic N) is 3. The molecule has 7 nitrogen and oxygen atoms in total. The van der Waals surface area contributed by atoms with Crippen LogP contribution in [0.4, 0.5) is 0 Å². The predicted octanol–water partition coefficient (Wildman–Crippen LogP) is 2.50. The van der Waals surface area contributed by atoms with Crippen LogP contribution >= 0.6 is 0 Å². The minimum absolute atomic E-state index is 0.0744. The normalized spacial score (nSPS) is 20.3. The van der Waals surface area contributed by atoms with Crippen molar-refractivity contribution in [1.29, 1.82) is 0 Å². The molecule has 0 radical (unpaired) electrons. The number of nitrogens with one attached hydrogen (secondary N) is 1. The fourth-order valence-corrected chi connectivity index (χ4v) is 4.33. The Labute approximate surface area is 171 Å². The van der Waals surface area contributed by atoms with Gasteiger partial charge in [-0.25, -0.2) is 4.98 Å². The van der Waals surface area contributed by atoms with E-state index in [-0.39, 0.29) is 17.9 Å². The second kappa shape index (κ2) is 8.95. The summed E-state index contributed by atoms with van der Waals surface area (Å²) in [4.78, 5) is 31.2. The van der Waals surface area contributed by atoms with Crippen molar-refractivity contribution in [2.75, 3.05) is 26.2 Å². The van der Waals surface area contributed by atoms with Crippen LogP contribution in [0.25, 0.3) is 11.0 Å². The molecule has 0 spiro atoms. The maximum absolute atomic E-state index is 12.8. The van der Waals surface area contributed by atoms with Gasteiger partial charge in [0.25, 0.3) is 5.91 Å². The lowest BCUT2D eigenvalue weighted by atomic mass is 9.91. The number of hydrogen-bond donors (Lipinski definition) is 1. The molecule has 1 atom stereocenters. The van der Waals surface area contributed by atoms with Gasteiger partial charge in [0.05, 0.1) is 23.5 Å². The number of aryl methyl sites for hydroxylation is 1. The molecule has 29 heavy (non-hydrogen) atoms. The molecule has 2 aliphatic heterocycles. The number of amides is 2. The summed E-state index contributed by atoms with van der Waals surface area (Å²) in [6, 6.07) is 5.72. The zero-order valence-corrected chi connectivity index (χ0v) is 17.1. The lowest BCUT2D eigenvalue weighted by molar-refractivity contribution is -0.122. The summed E-state index contributed by atoms with van der Waals surface area (Å²) in [6.45, 7) is 2.95. The van der Waals surface area contributed by atoms with E-state index < -0.39 is 0 Å². The van der Waals surface area contributed by atoms with Crippen molar-refractivity contribution in [3.05, 3.63) is 30.1 Å². The number of piperidine rings is 1. The summed E-state index contributed by atoms with van der Waals surface area (Å²) in [5.41, 5.74) is 2.57. The van der Waals surface area contributed by atoms with Crippen LogP contribution in [0.2, 0.25) is 0 Å². The van der Waals surface area contributed by atoms with Crippen molar-refractivity contribution in [3.8, 4) is 0 Å². The molecule has 3 heterocycles. The SMILES string of the molecule is Cn1cnc2cc(C(=O)N3CCC(CCC(=O)NC[C@H]4CCCO4)CC3)ccc21. The van der Waals surface area contributed by atoms with Gasteiger partial charge in [0.2, 0.25) is 5.91 Å². The Morgan fingerprint density at radius 1 is 1.24 bits per heavy atom. The highest BCUT2D eigenvalue weighted by molar-refractivity contribution is 5.97. The van der Waals surface area contributed by atoms with Crippen LogP contribution < -0.4 is 5.32 Å². The van der Waals surface area contributed by atoms with Crippen molar-refractivity contribution in [3.63, 3.8) is 0 Å². The number of fused-ring (bicyclic) bond motifs is 1. The zero-order valence-electron chi connectivity index (χ0n) is 17.1. The molecular weight excluding hydrogens is 368 g/mol. The first kappa shape index (κ1) is 19.9. The Morgan fingerprint density at radius 2 is 2.07 bits per heavy atom. The van der Waals surface area contributed by atoms with E-state index in [0.29, 0.717) is 24.4 Å². The molecule has 1 aromatic carbocycles. The Bertz CT molecular complexity index is 864. The maximum Gasteiger partial charge on any atom is 0.253 e. The minimum atomic E-state index is 0.0744. The predicted molar refractivity (Wildman–Crippen MR) is 111 cm³/mol. The van der Waals surface area contributed by atoms with Crippen LogP contribution in [0.5, 0.6) is 0 Å². The molecule has 0 bridgehead atoms. The Hall–Kier alpha value is -2.41. The van der Waals surface area contributed by atoms with E-state index in [1.165, 1.54) is 0 Å². The minimum Gasteiger partial charge on any atom is -0.376 e. The Morgan fingerprint density at radius 3 is 2.83 bits per heavy atom. The quantitative estimate of drug-likeness (QED) is 0.811. The first-order chi connectivity index (χ1) is 14.1. The molecule has 7 heteroatoms. The molecule has 0 aliphatic carbocycles. The second-order valence-electron chi connectivity index (χ2n) is 8.27. The van der Waals surface area contributed by atoms with Crippen LogP contribution in [-0.4, -0.2) is 58.6 Å². The van der Waals surface area contributed by atoms with Gasteiger partial charge in [-0.1, -0.05) is 0 Å². The number of carbonyl (C=O) groups is 2. The summed E-state index contributed by atoms with van der Waals surface area (Å²) in [7, 11) is 1.95. The van der Waals surface area contributed by atoms with E-state index >= 15 is 0 Å². The molecule has 156 valence electrons. The van der Waals surface area contributed by atoms with Crippen molar-refractivity contribution >= 4 is 22.8 Å². The summed E-state index contributed by atoms with van der Waals surface area (Å²) < 4.78 is 7.49. The average molecular weight is 399 g/mol. The van der Waals surface area contributed by atoms with Crippen molar-refractivity contribution in [2.45, 2.75) is 44.6 Å². The van der Waals surface area contributed by atoms with E-state index in [2.05, 4.69) is 10.3 Å². The number of hydrogen-bond acceptors (Lipinski definition) is 4. The maximum atomic E-state index is 12.8. The lowest BCUT2D eigenvalue weighted by Gasteiger charge is -2.32. The first-order valence-corrected chi connectivity index (χ1v) is 10.7. The third kappa shape index (κ3) is 4.78. The standard InChI is InChI=1S/C22H30N4O3/c1-25-15-24-19-13-17(5-6-20(19)25)22(28)26-10-8-16(9-11-26)4-7-21(27)23-14-18-3-2-12-29-18/h5-6,13,15-16,18H,2-4,7-12,14H2,1H3,(H,23,27)/t18-/m1/s1. The molecular formula is C22H30N4O3. The molecule has 0 unspecified atom stereocenters. The summed E-state index contributed by atoms with van der Waals surface area (Å²) in [5.74, 6) is 0.693. The number of imidazole rings is 1. The summed E-state index contributed by atoms with van der Waals surface area (Å²) in [6.07, 6.45) is 7.45. The number of rotatable bonds is 6. The molecule has 2 amide bonds. The number of carbonyl (C=O) groups excluding carboxylic acids is 2. The molecule has 2 fully saturated rings.